The zero-order chi connectivity index (χ0) is 24.1. The largest absolute Gasteiger partial charge is 0.352 e. The molecule has 7 nitrogen and oxygen atoms in total. The van der Waals surface area contributed by atoms with Gasteiger partial charge in [-0.25, -0.2) is 8.42 Å². The summed E-state index contributed by atoms with van der Waals surface area (Å²) in [6.07, 6.45) is 1.03. The minimum absolute atomic E-state index is 0.0591. The van der Waals surface area contributed by atoms with Crippen LogP contribution in [0.5, 0.6) is 0 Å². The molecule has 0 aliphatic rings. The quantitative estimate of drug-likeness (QED) is 0.569. The Morgan fingerprint density at radius 1 is 0.969 bits per heavy atom. The number of carbonyl (C=O) groups is 2. The average Bonchev–Trinajstić information content (AvgIpc) is 2.70. The van der Waals surface area contributed by atoms with E-state index < -0.39 is 28.5 Å². The number of amides is 2. The van der Waals surface area contributed by atoms with E-state index in [9.17, 15) is 18.0 Å². The van der Waals surface area contributed by atoms with Crippen molar-refractivity contribution in [3.05, 3.63) is 64.1 Å². The maximum atomic E-state index is 13.4. The van der Waals surface area contributed by atoms with Gasteiger partial charge in [0.15, 0.2) is 0 Å². The van der Waals surface area contributed by atoms with Gasteiger partial charge in [-0.15, -0.1) is 0 Å². The molecule has 1 N–H and O–H groups in total. The monoisotopic (exact) mass is 499 g/mol. The van der Waals surface area contributed by atoms with E-state index in [1.165, 1.54) is 4.90 Å². The molecular weight excluding hydrogens is 473 g/mol. The lowest BCUT2D eigenvalue weighted by molar-refractivity contribution is -0.139. The Labute approximate surface area is 199 Å². The lowest BCUT2D eigenvalue weighted by Gasteiger charge is -2.32. The second-order valence-corrected chi connectivity index (χ2v) is 10.4. The van der Waals surface area contributed by atoms with Crippen LogP contribution in [0.2, 0.25) is 10.0 Å². The van der Waals surface area contributed by atoms with E-state index in [1.807, 2.05) is 13.8 Å². The molecule has 0 unspecified atom stereocenters. The first kappa shape index (κ1) is 26.0. The summed E-state index contributed by atoms with van der Waals surface area (Å²) in [5, 5.41) is 3.46. The summed E-state index contributed by atoms with van der Waals surface area (Å²) < 4.78 is 25.9. The number of rotatable bonds is 9. The van der Waals surface area contributed by atoms with Gasteiger partial charge in [-0.2, -0.15) is 0 Å². The molecule has 0 heterocycles. The maximum Gasteiger partial charge on any atom is 0.244 e. The van der Waals surface area contributed by atoms with Crippen molar-refractivity contribution in [2.75, 3.05) is 17.1 Å². The fourth-order valence-corrected chi connectivity index (χ4v) is 4.42. The van der Waals surface area contributed by atoms with Crippen molar-refractivity contribution in [3.63, 3.8) is 0 Å². The highest BCUT2D eigenvalue weighted by atomic mass is 35.5. The van der Waals surface area contributed by atoms with E-state index in [1.54, 1.807) is 55.5 Å². The standard InChI is InChI=1S/C22H27Cl2N3O4S/c1-15(2)25-22(29)16(3)26(13-18-19(23)11-8-12-20(18)24)21(28)14-27(32(4,30)31)17-9-6-5-7-10-17/h5-12,15-16H,13-14H2,1-4H3,(H,25,29)/t16-/m1/s1. The lowest BCUT2D eigenvalue weighted by Crippen LogP contribution is -2.52. The minimum atomic E-state index is -3.77. The first-order valence-corrected chi connectivity index (χ1v) is 12.6. The topological polar surface area (TPSA) is 86.8 Å². The third-order valence-corrected chi connectivity index (χ3v) is 6.56. The zero-order valence-electron chi connectivity index (χ0n) is 18.4. The molecule has 0 saturated heterocycles. The molecule has 2 aromatic rings. The van der Waals surface area contributed by atoms with Crippen LogP contribution in [0, 0.1) is 0 Å². The Bertz CT molecular complexity index is 1040. The summed E-state index contributed by atoms with van der Waals surface area (Å²) in [4.78, 5) is 27.4. The van der Waals surface area contributed by atoms with E-state index >= 15 is 0 Å². The molecule has 2 rings (SSSR count). The lowest BCUT2D eigenvalue weighted by atomic mass is 10.1. The van der Waals surface area contributed by atoms with Crippen molar-refractivity contribution < 1.29 is 18.0 Å². The van der Waals surface area contributed by atoms with Crippen LogP contribution in [0.15, 0.2) is 48.5 Å². The highest BCUT2D eigenvalue weighted by Crippen LogP contribution is 2.27. The van der Waals surface area contributed by atoms with Gasteiger partial charge in [0.25, 0.3) is 0 Å². The average molecular weight is 500 g/mol. The SMILES string of the molecule is CC(C)NC(=O)[C@@H](C)N(Cc1c(Cl)cccc1Cl)C(=O)CN(c1ccccc1)S(C)(=O)=O. The second-order valence-electron chi connectivity index (χ2n) is 7.67. The summed E-state index contributed by atoms with van der Waals surface area (Å²) in [5.74, 6) is -0.941. The van der Waals surface area contributed by atoms with Crippen LogP contribution in [0.1, 0.15) is 26.3 Å². The molecule has 0 aliphatic carbocycles. The summed E-state index contributed by atoms with van der Waals surface area (Å²) in [6, 6.07) is 12.2. The smallest absolute Gasteiger partial charge is 0.244 e. The molecule has 0 bridgehead atoms. The van der Waals surface area contributed by atoms with Crippen molar-refractivity contribution in [1.29, 1.82) is 0 Å². The molecule has 2 amide bonds. The summed E-state index contributed by atoms with van der Waals surface area (Å²) >= 11 is 12.6. The molecule has 0 aromatic heterocycles. The van der Waals surface area contributed by atoms with Crippen LogP contribution in [-0.2, 0) is 26.2 Å². The van der Waals surface area contributed by atoms with E-state index in [0.717, 1.165) is 10.6 Å². The molecule has 0 fully saturated rings. The van der Waals surface area contributed by atoms with E-state index in [2.05, 4.69) is 5.32 Å². The number of hydrogen-bond donors (Lipinski definition) is 1. The van der Waals surface area contributed by atoms with Gasteiger partial charge in [0.05, 0.1) is 11.9 Å². The van der Waals surface area contributed by atoms with Gasteiger partial charge in [-0.3, -0.25) is 13.9 Å². The number of benzene rings is 2. The molecule has 0 saturated carbocycles. The van der Waals surface area contributed by atoms with Crippen molar-refractivity contribution in [2.45, 2.75) is 39.4 Å². The Hall–Kier alpha value is -2.29. The minimum Gasteiger partial charge on any atom is -0.352 e. The van der Waals surface area contributed by atoms with Crippen molar-refractivity contribution >= 4 is 50.7 Å². The summed E-state index contributed by atoms with van der Waals surface area (Å²) in [5.41, 5.74) is 0.817. The molecular formula is C22H27Cl2N3O4S. The van der Waals surface area contributed by atoms with Gasteiger partial charge in [0, 0.05) is 28.2 Å². The van der Waals surface area contributed by atoms with Gasteiger partial charge in [0.2, 0.25) is 21.8 Å². The van der Waals surface area contributed by atoms with Gasteiger partial charge in [-0.1, -0.05) is 47.5 Å². The number of hydrogen-bond acceptors (Lipinski definition) is 4. The number of carbonyl (C=O) groups excluding carboxylic acids is 2. The van der Waals surface area contributed by atoms with Crippen LogP contribution < -0.4 is 9.62 Å². The Balaban J connectivity index is 2.43. The highest BCUT2D eigenvalue weighted by molar-refractivity contribution is 7.92. The Kier molecular flexibility index (Phi) is 8.95. The third kappa shape index (κ3) is 6.85. The fraction of sp³-hybridized carbons (Fsp3) is 0.364. The van der Waals surface area contributed by atoms with E-state index in [4.69, 9.17) is 23.2 Å². The highest BCUT2D eigenvalue weighted by Gasteiger charge is 2.31. The first-order chi connectivity index (χ1) is 14.9. The van der Waals surface area contributed by atoms with Crippen molar-refractivity contribution in [3.8, 4) is 0 Å². The molecule has 1 atom stereocenters. The molecule has 10 heteroatoms. The molecule has 174 valence electrons. The van der Waals surface area contributed by atoms with E-state index in [0.29, 0.717) is 21.3 Å². The Morgan fingerprint density at radius 2 is 1.53 bits per heavy atom. The molecule has 32 heavy (non-hydrogen) atoms. The van der Waals surface area contributed by atoms with Crippen LogP contribution in [-0.4, -0.2) is 50.0 Å². The molecule has 2 aromatic carbocycles. The predicted molar refractivity (Wildman–Crippen MR) is 128 cm³/mol. The summed E-state index contributed by atoms with van der Waals surface area (Å²) in [7, 11) is -3.77. The van der Waals surface area contributed by atoms with Crippen LogP contribution in [0.4, 0.5) is 5.69 Å². The van der Waals surface area contributed by atoms with Crippen LogP contribution >= 0.6 is 23.2 Å². The van der Waals surface area contributed by atoms with Gasteiger partial charge in [0.1, 0.15) is 12.6 Å². The molecule has 0 spiro atoms. The normalized spacial score (nSPS) is 12.3. The number of sulfonamides is 1. The van der Waals surface area contributed by atoms with Crippen LogP contribution in [0.25, 0.3) is 0 Å². The number of nitrogens with one attached hydrogen (secondary N) is 1. The number of para-hydroxylation sites is 1. The van der Waals surface area contributed by atoms with Gasteiger partial charge >= 0.3 is 0 Å². The third-order valence-electron chi connectivity index (χ3n) is 4.71. The predicted octanol–water partition coefficient (Wildman–Crippen LogP) is 3.70. The number of anilines is 1. The molecule has 0 aliphatic heterocycles. The fourth-order valence-electron chi connectivity index (χ4n) is 3.05. The second kappa shape index (κ2) is 11.0. The van der Waals surface area contributed by atoms with Gasteiger partial charge < -0.3 is 10.2 Å². The summed E-state index contributed by atoms with van der Waals surface area (Å²) in [6.45, 7) is 4.65. The van der Waals surface area contributed by atoms with Crippen molar-refractivity contribution in [2.24, 2.45) is 0 Å². The van der Waals surface area contributed by atoms with Gasteiger partial charge in [-0.05, 0) is 45.0 Å². The maximum absolute atomic E-state index is 13.4. The molecule has 0 radical (unpaired) electrons. The van der Waals surface area contributed by atoms with Crippen LogP contribution in [0.3, 0.4) is 0 Å². The Morgan fingerprint density at radius 3 is 2.03 bits per heavy atom. The van der Waals surface area contributed by atoms with Crippen molar-refractivity contribution in [1.82, 2.24) is 10.2 Å². The van der Waals surface area contributed by atoms with E-state index in [-0.39, 0.29) is 18.5 Å². The number of halogens is 2. The first-order valence-electron chi connectivity index (χ1n) is 9.97. The number of nitrogens with zero attached hydrogens (tertiary/aromatic N) is 2. The zero-order valence-corrected chi connectivity index (χ0v) is 20.7.